The van der Waals surface area contributed by atoms with Crippen LogP contribution >= 0.6 is 11.3 Å². The van der Waals surface area contributed by atoms with Crippen molar-refractivity contribution in [1.29, 1.82) is 0 Å². The molecule has 4 nitrogen and oxygen atoms in total. The number of nitrogens with zero attached hydrogens (tertiary/aromatic N) is 2. The van der Waals surface area contributed by atoms with Crippen LogP contribution in [0.2, 0.25) is 0 Å². The molecule has 164 valence electrons. The molecular formula is C26H25FN2O2S. The minimum atomic E-state index is -0.357. The third kappa shape index (κ3) is 4.02. The fourth-order valence-corrected chi connectivity index (χ4v) is 4.77. The summed E-state index contributed by atoms with van der Waals surface area (Å²) in [6, 6.07) is 10.4. The average Bonchev–Trinajstić information content (AvgIpc) is 3.19. The van der Waals surface area contributed by atoms with Crippen molar-refractivity contribution in [2.45, 2.75) is 47.1 Å². The number of carbonyl (C=O) groups excluding carboxylic acids is 1. The summed E-state index contributed by atoms with van der Waals surface area (Å²) >= 11 is 1.45. The number of carbonyl (C=O) groups is 1. The van der Waals surface area contributed by atoms with Crippen LogP contribution in [0.1, 0.15) is 46.2 Å². The zero-order valence-corrected chi connectivity index (χ0v) is 19.5. The highest BCUT2D eigenvalue weighted by Crippen LogP contribution is 2.32. The van der Waals surface area contributed by atoms with E-state index in [9.17, 15) is 14.0 Å². The van der Waals surface area contributed by atoms with E-state index < -0.39 is 0 Å². The van der Waals surface area contributed by atoms with Gasteiger partial charge in [0.15, 0.2) is 5.78 Å². The molecule has 2 aromatic heterocycles. The number of fused-ring (bicyclic) bond motifs is 1. The number of thiophene rings is 1. The predicted octanol–water partition coefficient (Wildman–Crippen LogP) is 6.02. The van der Waals surface area contributed by atoms with Crippen LogP contribution in [0, 0.1) is 26.6 Å². The van der Waals surface area contributed by atoms with E-state index in [1.165, 1.54) is 39.7 Å². The molecule has 0 aliphatic carbocycles. The lowest BCUT2D eigenvalue weighted by Crippen LogP contribution is -2.28. The van der Waals surface area contributed by atoms with Crippen LogP contribution in [0.25, 0.3) is 21.3 Å². The number of aryl methyl sites for hydroxylation is 4. The molecule has 2 heterocycles. The molecule has 0 unspecified atom stereocenters. The predicted molar refractivity (Wildman–Crippen MR) is 128 cm³/mol. The van der Waals surface area contributed by atoms with Crippen LogP contribution in [-0.2, 0) is 13.0 Å². The lowest BCUT2D eigenvalue weighted by molar-refractivity contribution is 0.0969. The van der Waals surface area contributed by atoms with E-state index in [1.54, 1.807) is 6.92 Å². The number of halogens is 1. The molecule has 0 aliphatic heterocycles. The summed E-state index contributed by atoms with van der Waals surface area (Å²) in [5.74, 6) is 0.00659. The van der Waals surface area contributed by atoms with Gasteiger partial charge in [0.1, 0.15) is 16.5 Å². The standard InChI is InChI=1S/C26H25FN2O2S/c1-5-6-23-28-25-24(20(14-32-25)18-8-7-15(2)16(3)11-18)26(31)29(23)13-22(30)19-9-10-21(27)17(4)12-19/h7-12,14H,5-6,13H2,1-4H3. The molecule has 0 aliphatic rings. The molecule has 0 amide bonds. The minimum Gasteiger partial charge on any atom is -0.292 e. The first-order chi connectivity index (χ1) is 15.3. The van der Waals surface area contributed by atoms with Crippen molar-refractivity contribution < 1.29 is 9.18 Å². The molecule has 0 bridgehead atoms. The van der Waals surface area contributed by atoms with Gasteiger partial charge < -0.3 is 0 Å². The first kappa shape index (κ1) is 22.1. The van der Waals surface area contributed by atoms with Gasteiger partial charge in [0.05, 0.1) is 11.9 Å². The van der Waals surface area contributed by atoms with Crippen LogP contribution in [0.15, 0.2) is 46.6 Å². The zero-order chi connectivity index (χ0) is 23.0. The van der Waals surface area contributed by atoms with E-state index in [2.05, 4.69) is 13.0 Å². The fourth-order valence-electron chi connectivity index (χ4n) is 3.82. The van der Waals surface area contributed by atoms with Crippen LogP contribution in [0.5, 0.6) is 0 Å². The molecule has 0 fully saturated rings. The molecule has 6 heteroatoms. The molecule has 0 radical (unpaired) electrons. The Morgan fingerprint density at radius 3 is 2.53 bits per heavy atom. The van der Waals surface area contributed by atoms with Gasteiger partial charge in [0.25, 0.3) is 5.56 Å². The van der Waals surface area contributed by atoms with Crippen LogP contribution < -0.4 is 5.56 Å². The van der Waals surface area contributed by atoms with E-state index in [1.807, 2.05) is 31.4 Å². The molecule has 32 heavy (non-hydrogen) atoms. The fraction of sp³-hybridized carbons (Fsp3) is 0.269. The average molecular weight is 449 g/mol. The summed E-state index contributed by atoms with van der Waals surface area (Å²) in [5, 5.41) is 2.51. The zero-order valence-electron chi connectivity index (χ0n) is 18.7. The van der Waals surface area contributed by atoms with Crippen LogP contribution in [0.3, 0.4) is 0 Å². The lowest BCUT2D eigenvalue weighted by atomic mass is 10.0. The van der Waals surface area contributed by atoms with Crippen molar-refractivity contribution in [2.24, 2.45) is 0 Å². The Balaban J connectivity index is 1.85. The van der Waals surface area contributed by atoms with Gasteiger partial charge in [0, 0.05) is 22.9 Å². The molecule has 2 aromatic carbocycles. The highest BCUT2D eigenvalue weighted by Gasteiger charge is 2.19. The van der Waals surface area contributed by atoms with E-state index in [-0.39, 0.29) is 23.7 Å². The van der Waals surface area contributed by atoms with Crippen molar-refractivity contribution in [3.8, 4) is 11.1 Å². The van der Waals surface area contributed by atoms with Crippen molar-refractivity contribution >= 4 is 27.3 Å². The van der Waals surface area contributed by atoms with E-state index >= 15 is 0 Å². The number of hydrogen-bond acceptors (Lipinski definition) is 4. The van der Waals surface area contributed by atoms with Crippen LogP contribution in [0.4, 0.5) is 4.39 Å². The monoisotopic (exact) mass is 448 g/mol. The smallest absolute Gasteiger partial charge is 0.263 e. The molecule has 0 N–H and O–H groups in total. The van der Waals surface area contributed by atoms with Crippen molar-refractivity contribution in [3.05, 3.63) is 86.0 Å². The number of aromatic nitrogens is 2. The molecule has 0 spiro atoms. The summed E-state index contributed by atoms with van der Waals surface area (Å²) in [7, 11) is 0. The third-order valence-corrected chi connectivity index (χ3v) is 6.72. The Hall–Kier alpha value is -3.12. The Morgan fingerprint density at radius 2 is 1.84 bits per heavy atom. The van der Waals surface area contributed by atoms with Gasteiger partial charge >= 0.3 is 0 Å². The maximum Gasteiger partial charge on any atom is 0.263 e. The molecule has 4 rings (SSSR count). The Bertz CT molecular complexity index is 1400. The first-order valence-corrected chi connectivity index (χ1v) is 11.6. The molecule has 4 aromatic rings. The molecular weight excluding hydrogens is 423 g/mol. The van der Waals surface area contributed by atoms with E-state index in [0.717, 1.165) is 23.1 Å². The quantitative estimate of drug-likeness (QED) is 0.339. The Morgan fingerprint density at radius 1 is 1.06 bits per heavy atom. The summed E-state index contributed by atoms with van der Waals surface area (Å²) in [5.41, 5.74) is 4.73. The van der Waals surface area contributed by atoms with Gasteiger partial charge in [-0.2, -0.15) is 0 Å². The normalized spacial score (nSPS) is 11.3. The van der Waals surface area contributed by atoms with E-state index in [4.69, 9.17) is 4.98 Å². The maximum absolute atomic E-state index is 13.6. The van der Waals surface area contributed by atoms with Crippen LogP contribution in [-0.4, -0.2) is 15.3 Å². The third-order valence-electron chi connectivity index (χ3n) is 5.85. The van der Waals surface area contributed by atoms with Gasteiger partial charge in [-0.1, -0.05) is 25.1 Å². The van der Waals surface area contributed by atoms with Gasteiger partial charge in [0.2, 0.25) is 0 Å². The highest BCUT2D eigenvalue weighted by molar-refractivity contribution is 7.17. The van der Waals surface area contributed by atoms with Crippen molar-refractivity contribution in [1.82, 2.24) is 9.55 Å². The largest absolute Gasteiger partial charge is 0.292 e. The highest BCUT2D eigenvalue weighted by atomic mass is 32.1. The van der Waals surface area contributed by atoms with Gasteiger partial charge in [-0.25, -0.2) is 9.37 Å². The van der Waals surface area contributed by atoms with Gasteiger partial charge in [-0.15, -0.1) is 11.3 Å². The summed E-state index contributed by atoms with van der Waals surface area (Å²) in [6.45, 7) is 7.62. The van der Waals surface area contributed by atoms with Gasteiger partial charge in [-0.05, 0) is 67.6 Å². The summed E-state index contributed by atoms with van der Waals surface area (Å²) < 4.78 is 15.1. The van der Waals surface area contributed by atoms with Gasteiger partial charge in [-0.3, -0.25) is 14.2 Å². The number of rotatable bonds is 6. The summed E-state index contributed by atoms with van der Waals surface area (Å²) in [4.78, 5) is 32.1. The van der Waals surface area contributed by atoms with E-state index in [0.29, 0.717) is 33.6 Å². The molecule has 0 atom stereocenters. The number of benzene rings is 2. The number of hydrogen-bond donors (Lipinski definition) is 0. The molecule has 0 saturated heterocycles. The Labute approximate surface area is 190 Å². The summed E-state index contributed by atoms with van der Waals surface area (Å²) in [6.07, 6.45) is 1.40. The number of ketones is 1. The lowest BCUT2D eigenvalue weighted by Gasteiger charge is -2.13. The number of Topliss-reactive ketones (excluding diaryl/α,β-unsaturated/α-hetero) is 1. The molecule has 0 saturated carbocycles. The first-order valence-electron chi connectivity index (χ1n) is 10.7. The second-order valence-corrected chi connectivity index (χ2v) is 9.04. The SMILES string of the molecule is CCCc1nc2scc(-c3ccc(C)c(C)c3)c2c(=O)n1CC(=O)c1ccc(F)c(C)c1. The second-order valence-electron chi connectivity index (χ2n) is 8.19. The van der Waals surface area contributed by atoms with Crippen molar-refractivity contribution in [3.63, 3.8) is 0 Å². The minimum absolute atomic E-state index is 0.121. The topological polar surface area (TPSA) is 52.0 Å². The van der Waals surface area contributed by atoms with Crippen molar-refractivity contribution in [2.75, 3.05) is 0 Å². The maximum atomic E-state index is 13.6. The second kappa shape index (κ2) is 8.79. The Kier molecular flexibility index (Phi) is 6.07.